The number of pyridine rings is 1. The van der Waals surface area contributed by atoms with E-state index in [4.69, 9.17) is 4.42 Å². The highest BCUT2D eigenvalue weighted by molar-refractivity contribution is 5.95. The van der Waals surface area contributed by atoms with Crippen molar-refractivity contribution >= 4 is 16.7 Å². The third-order valence-corrected chi connectivity index (χ3v) is 4.87. The number of H-pyrrole nitrogens is 1. The van der Waals surface area contributed by atoms with Crippen LogP contribution in [0.1, 0.15) is 11.1 Å². The van der Waals surface area contributed by atoms with Gasteiger partial charge in [0.1, 0.15) is 5.58 Å². The molecule has 0 atom stereocenters. The number of aryl methyl sites for hydroxylation is 1. The highest BCUT2D eigenvalue weighted by Crippen LogP contribution is 2.31. The Kier molecular flexibility index (Phi) is 4.57. The van der Waals surface area contributed by atoms with Gasteiger partial charge in [-0.15, -0.1) is 0 Å². The summed E-state index contributed by atoms with van der Waals surface area (Å²) in [6.07, 6.45) is 1.70. The van der Waals surface area contributed by atoms with Gasteiger partial charge in [0.15, 0.2) is 0 Å². The van der Waals surface area contributed by atoms with Crippen molar-refractivity contribution in [1.29, 1.82) is 0 Å². The average Bonchev–Trinajstić information content (AvgIpc) is 2.69. The second-order valence-corrected chi connectivity index (χ2v) is 6.89. The second kappa shape index (κ2) is 7.19. The van der Waals surface area contributed by atoms with Gasteiger partial charge < -0.3 is 14.3 Å². The maximum atomic E-state index is 12.2. The van der Waals surface area contributed by atoms with E-state index < -0.39 is 0 Å². The first kappa shape index (κ1) is 17.8. The molecule has 5 heteroatoms. The normalized spacial score (nSPS) is 10.9. The predicted molar refractivity (Wildman–Crippen MR) is 112 cm³/mol. The van der Waals surface area contributed by atoms with E-state index in [1.807, 2.05) is 61.3 Å². The molecule has 0 saturated carbocycles. The van der Waals surface area contributed by atoms with Crippen LogP contribution in [0.25, 0.3) is 22.1 Å². The van der Waals surface area contributed by atoms with Crippen molar-refractivity contribution in [3.8, 4) is 11.1 Å². The van der Waals surface area contributed by atoms with E-state index in [1.165, 1.54) is 6.07 Å². The summed E-state index contributed by atoms with van der Waals surface area (Å²) in [5, 5.41) is 0.898. The molecule has 0 aliphatic rings. The molecule has 0 unspecified atom stereocenters. The molecule has 0 bridgehead atoms. The van der Waals surface area contributed by atoms with Gasteiger partial charge in [-0.2, -0.15) is 0 Å². The molecule has 5 nitrogen and oxygen atoms in total. The van der Waals surface area contributed by atoms with Crippen LogP contribution < -0.4 is 16.1 Å². The van der Waals surface area contributed by atoms with Crippen molar-refractivity contribution in [3.05, 3.63) is 98.8 Å². The molecule has 0 spiro atoms. The van der Waals surface area contributed by atoms with Gasteiger partial charge in [0, 0.05) is 54.6 Å². The topological polar surface area (TPSA) is 66.3 Å². The molecule has 140 valence electrons. The Morgan fingerprint density at radius 1 is 0.964 bits per heavy atom. The lowest BCUT2D eigenvalue weighted by Crippen LogP contribution is -2.17. The van der Waals surface area contributed by atoms with Crippen LogP contribution in [-0.2, 0) is 6.54 Å². The number of hydrogen-bond donors (Lipinski definition) is 1. The molecule has 0 amide bonds. The van der Waals surface area contributed by atoms with Crippen LogP contribution in [0.3, 0.4) is 0 Å². The van der Waals surface area contributed by atoms with Crippen molar-refractivity contribution in [2.45, 2.75) is 13.5 Å². The quantitative estimate of drug-likeness (QED) is 0.548. The van der Waals surface area contributed by atoms with Crippen LogP contribution in [-0.4, -0.2) is 12.0 Å². The van der Waals surface area contributed by atoms with Gasteiger partial charge >= 0.3 is 5.63 Å². The van der Waals surface area contributed by atoms with Crippen LogP contribution in [0.15, 0.2) is 80.9 Å². The van der Waals surface area contributed by atoms with Crippen LogP contribution in [0.2, 0.25) is 0 Å². The standard InChI is InChI=1S/C23H20N2O3/c1-15-5-3-4-6-18(15)20-12-23(27)28-21-11-17(8-9-19(20)21)25(2)14-16-7-10-22(26)24-13-16/h3-13H,14H2,1-2H3,(H,24,26). The first-order valence-electron chi connectivity index (χ1n) is 9.04. The zero-order chi connectivity index (χ0) is 19.7. The van der Waals surface area contributed by atoms with Crippen molar-refractivity contribution in [2.75, 3.05) is 11.9 Å². The van der Waals surface area contributed by atoms with Crippen molar-refractivity contribution < 1.29 is 4.42 Å². The van der Waals surface area contributed by atoms with Gasteiger partial charge in [-0.3, -0.25) is 4.79 Å². The minimum Gasteiger partial charge on any atom is -0.423 e. The summed E-state index contributed by atoms with van der Waals surface area (Å²) in [6.45, 7) is 2.64. The molecular formula is C23H20N2O3. The number of fused-ring (bicyclic) bond motifs is 1. The summed E-state index contributed by atoms with van der Waals surface area (Å²) in [5.74, 6) is 0. The maximum absolute atomic E-state index is 12.2. The van der Waals surface area contributed by atoms with Crippen LogP contribution in [0, 0.1) is 6.92 Å². The first-order valence-corrected chi connectivity index (χ1v) is 9.04. The second-order valence-electron chi connectivity index (χ2n) is 6.89. The molecule has 0 aliphatic heterocycles. The molecule has 4 rings (SSSR count). The van der Waals surface area contributed by atoms with Gasteiger partial charge in [0.05, 0.1) is 0 Å². The molecular weight excluding hydrogens is 352 g/mol. The van der Waals surface area contributed by atoms with E-state index in [9.17, 15) is 9.59 Å². The SMILES string of the molecule is Cc1ccccc1-c1cc(=O)oc2cc(N(C)Cc3ccc(=O)[nH]c3)ccc12. The summed E-state index contributed by atoms with van der Waals surface area (Å²) >= 11 is 0. The van der Waals surface area contributed by atoms with Crippen LogP contribution in [0.4, 0.5) is 5.69 Å². The maximum Gasteiger partial charge on any atom is 0.336 e. The molecule has 0 aliphatic carbocycles. The van der Waals surface area contributed by atoms with Gasteiger partial charge in [0.2, 0.25) is 5.56 Å². The molecule has 0 fully saturated rings. The molecule has 2 aromatic carbocycles. The van der Waals surface area contributed by atoms with Crippen molar-refractivity contribution in [3.63, 3.8) is 0 Å². The first-order chi connectivity index (χ1) is 13.5. The number of nitrogens with one attached hydrogen (secondary N) is 1. The monoisotopic (exact) mass is 372 g/mol. The number of aromatic nitrogens is 1. The number of hydrogen-bond acceptors (Lipinski definition) is 4. The van der Waals surface area contributed by atoms with Gasteiger partial charge in [-0.05, 0) is 35.7 Å². The number of nitrogens with zero attached hydrogens (tertiary/aromatic N) is 1. The Labute approximate surface area is 161 Å². The number of anilines is 1. The molecule has 2 heterocycles. The van der Waals surface area contributed by atoms with Gasteiger partial charge in [-0.25, -0.2) is 4.79 Å². The fraction of sp³-hybridized carbons (Fsp3) is 0.130. The largest absolute Gasteiger partial charge is 0.423 e. The van der Waals surface area contributed by atoms with E-state index >= 15 is 0 Å². The zero-order valence-electron chi connectivity index (χ0n) is 15.7. The van der Waals surface area contributed by atoms with Crippen LogP contribution >= 0.6 is 0 Å². The van der Waals surface area contributed by atoms with E-state index in [2.05, 4.69) is 4.98 Å². The predicted octanol–water partition coefficient (Wildman–Crippen LogP) is 4.09. The molecule has 2 aromatic heterocycles. The Morgan fingerprint density at radius 2 is 1.79 bits per heavy atom. The van der Waals surface area contributed by atoms with E-state index in [0.29, 0.717) is 12.1 Å². The lowest BCUT2D eigenvalue weighted by atomic mass is 9.98. The van der Waals surface area contributed by atoms with Gasteiger partial charge in [0.25, 0.3) is 0 Å². The smallest absolute Gasteiger partial charge is 0.336 e. The fourth-order valence-electron chi connectivity index (χ4n) is 3.39. The Balaban J connectivity index is 1.75. The Bertz CT molecular complexity index is 1250. The van der Waals surface area contributed by atoms with E-state index in [0.717, 1.165) is 33.3 Å². The lowest BCUT2D eigenvalue weighted by Gasteiger charge is -2.20. The van der Waals surface area contributed by atoms with Crippen molar-refractivity contribution in [1.82, 2.24) is 4.98 Å². The minimum absolute atomic E-state index is 0.123. The Hall–Kier alpha value is -3.60. The molecule has 28 heavy (non-hydrogen) atoms. The summed E-state index contributed by atoms with van der Waals surface area (Å²) in [7, 11) is 1.95. The third kappa shape index (κ3) is 3.47. The molecule has 0 saturated heterocycles. The highest BCUT2D eigenvalue weighted by atomic mass is 16.4. The number of rotatable bonds is 4. The molecule has 0 radical (unpaired) electrons. The summed E-state index contributed by atoms with van der Waals surface area (Å²) in [6, 6.07) is 18.7. The zero-order valence-corrected chi connectivity index (χ0v) is 15.7. The summed E-state index contributed by atoms with van der Waals surface area (Å²) < 4.78 is 5.49. The Morgan fingerprint density at radius 3 is 2.54 bits per heavy atom. The summed E-state index contributed by atoms with van der Waals surface area (Å²) in [5.41, 5.74) is 4.97. The third-order valence-electron chi connectivity index (χ3n) is 4.87. The highest BCUT2D eigenvalue weighted by Gasteiger charge is 2.12. The van der Waals surface area contributed by atoms with Crippen LogP contribution in [0.5, 0.6) is 0 Å². The average molecular weight is 372 g/mol. The van der Waals surface area contributed by atoms with Gasteiger partial charge in [-0.1, -0.05) is 30.3 Å². The van der Waals surface area contributed by atoms with Crippen molar-refractivity contribution in [2.24, 2.45) is 0 Å². The number of benzene rings is 2. The minimum atomic E-state index is -0.369. The van der Waals surface area contributed by atoms with E-state index in [1.54, 1.807) is 18.3 Å². The fourth-order valence-corrected chi connectivity index (χ4v) is 3.39. The van der Waals surface area contributed by atoms with E-state index in [-0.39, 0.29) is 11.2 Å². The number of aromatic amines is 1. The molecule has 1 N–H and O–H groups in total. The summed E-state index contributed by atoms with van der Waals surface area (Å²) in [4.78, 5) is 28.1. The molecule has 4 aromatic rings. The lowest BCUT2D eigenvalue weighted by molar-refractivity contribution is 0.561.